The molecule has 1 aromatic heterocycles. The molecular formula is C18H30N4O. The maximum Gasteiger partial charge on any atom is 0.220 e. The number of imidazole rings is 1. The predicted octanol–water partition coefficient (Wildman–Crippen LogP) is 2.78. The lowest BCUT2D eigenvalue weighted by Crippen LogP contribution is -2.62. The monoisotopic (exact) mass is 318 g/mol. The Morgan fingerprint density at radius 2 is 2.30 bits per heavy atom. The van der Waals surface area contributed by atoms with Crippen molar-refractivity contribution in [2.45, 2.75) is 83.3 Å². The first-order chi connectivity index (χ1) is 11.1. The average Bonchev–Trinajstić information content (AvgIpc) is 2.89. The minimum absolute atomic E-state index is 0.0725. The lowest BCUT2D eigenvalue weighted by atomic mass is 9.81. The molecule has 0 aromatic carbocycles. The number of aromatic amines is 1. The Morgan fingerprint density at radius 1 is 1.43 bits per heavy atom. The van der Waals surface area contributed by atoms with E-state index in [1.54, 1.807) is 0 Å². The van der Waals surface area contributed by atoms with E-state index in [0.29, 0.717) is 12.5 Å². The highest BCUT2D eigenvalue weighted by molar-refractivity contribution is 5.78. The molecule has 2 atom stereocenters. The molecule has 1 aromatic rings. The summed E-state index contributed by atoms with van der Waals surface area (Å²) in [6, 6.07) is 0.435. The summed E-state index contributed by atoms with van der Waals surface area (Å²) in [4.78, 5) is 22.4. The number of nitrogens with zero attached hydrogens (tertiary/aromatic N) is 2. The highest BCUT2D eigenvalue weighted by Gasteiger charge is 2.43. The molecule has 5 heteroatoms. The van der Waals surface area contributed by atoms with Gasteiger partial charge in [0.2, 0.25) is 5.91 Å². The van der Waals surface area contributed by atoms with E-state index in [1.165, 1.54) is 31.4 Å². The van der Waals surface area contributed by atoms with Gasteiger partial charge in [-0.25, -0.2) is 4.98 Å². The van der Waals surface area contributed by atoms with Gasteiger partial charge in [-0.05, 0) is 45.6 Å². The third-order valence-corrected chi connectivity index (χ3v) is 5.46. The van der Waals surface area contributed by atoms with Gasteiger partial charge in [0.05, 0.1) is 5.54 Å². The molecule has 0 radical (unpaired) electrons. The first kappa shape index (κ1) is 16.5. The van der Waals surface area contributed by atoms with Crippen LogP contribution >= 0.6 is 0 Å². The Kier molecular flexibility index (Phi) is 5.05. The van der Waals surface area contributed by atoms with Crippen LogP contribution in [0.15, 0.2) is 6.20 Å². The molecule has 0 aliphatic carbocycles. The van der Waals surface area contributed by atoms with E-state index in [2.05, 4.69) is 34.0 Å². The highest BCUT2D eigenvalue weighted by Crippen LogP contribution is 2.33. The van der Waals surface area contributed by atoms with Crippen molar-refractivity contribution in [3.8, 4) is 0 Å². The normalized spacial score (nSPS) is 29.0. The largest absolute Gasteiger partial charge is 0.349 e. The summed E-state index contributed by atoms with van der Waals surface area (Å²) >= 11 is 0. The van der Waals surface area contributed by atoms with Gasteiger partial charge < -0.3 is 10.3 Å². The third kappa shape index (κ3) is 3.77. The number of hydrogen-bond donors (Lipinski definition) is 2. The molecule has 2 aliphatic rings. The fourth-order valence-electron chi connectivity index (χ4n) is 4.19. The standard InChI is InChI=1S/C18H30N4O/c1-3-4-7-16-19-12-14(20-16)13-22-11-6-5-10-18(2)15(22)8-9-17(23)21-18/h12,15H,3-11,13H2,1-2H3,(H,19,20)(H,21,23)/t15-,18-/m0/s1. The first-order valence-electron chi connectivity index (χ1n) is 9.18. The van der Waals surface area contributed by atoms with Crippen molar-refractivity contribution in [3.63, 3.8) is 0 Å². The zero-order valence-corrected chi connectivity index (χ0v) is 14.5. The number of fused-ring (bicyclic) bond motifs is 1. The second-order valence-electron chi connectivity index (χ2n) is 7.41. The van der Waals surface area contributed by atoms with Crippen LogP contribution in [0.25, 0.3) is 0 Å². The molecule has 3 rings (SSSR count). The Bertz CT molecular complexity index is 541. The maximum atomic E-state index is 11.9. The number of carbonyl (C=O) groups excluding carboxylic acids is 1. The molecular weight excluding hydrogens is 288 g/mol. The maximum absolute atomic E-state index is 11.9. The molecule has 0 bridgehead atoms. The molecule has 2 saturated heterocycles. The predicted molar refractivity (Wildman–Crippen MR) is 91.0 cm³/mol. The van der Waals surface area contributed by atoms with Crippen molar-refractivity contribution in [1.82, 2.24) is 20.2 Å². The van der Waals surface area contributed by atoms with E-state index in [4.69, 9.17) is 0 Å². The lowest BCUT2D eigenvalue weighted by Gasteiger charge is -2.46. The van der Waals surface area contributed by atoms with Gasteiger partial charge in [-0.15, -0.1) is 0 Å². The van der Waals surface area contributed by atoms with Gasteiger partial charge in [-0.1, -0.05) is 13.3 Å². The van der Waals surface area contributed by atoms with Gasteiger partial charge in [0.15, 0.2) is 0 Å². The Balaban J connectivity index is 1.70. The van der Waals surface area contributed by atoms with Gasteiger partial charge in [-0.2, -0.15) is 0 Å². The van der Waals surface area contributed by atoms with Crippen LogP contribution in [0.1, 0.15) is 70.3 Å². The quantitative estimate of drug-likeness (QED) is 0.877. The minimum atomic E-state index is -0.0725. The summed E-state index contributed by atoms with van der Waals surface area (Å²) in [6.45, 7) is 6.46. The number of likely N-dealkylation sites (tertiary alicyclic amines) is 1. The van der Waals surface area contributed by atoms with Crippen LogP contribution in [0.3, 0.4) is 0 Å². The van der Waals surface area contributed by atoms with Crippen LogP contribution in [0.5, 0.6) is 0 Å². The number of aromatic nitrogens is 2. The number of piperidine rings is 1. The molecule has 3 heterocycles. The van der Waals surface area contributed by atoms with Crippen LogP contribution in [-0.2, 0) is 17.8 Å². The van der Waals surface area contributed by atoms with Crippen LogP contribution in [0, 0.1) is 0 Å². The van der Waals surface area contributed by atoms with Crippen LogP contribution in [0.4, 0.5) is 0 Å². The summed E-state index contributed by atoms with van der Waals surface area (Å²) in [7, 11) is 0. The van der Waals surface area contributed by atoms with E-state index in [-0.39, 0.29) is 11.4 Å². The molecule has 128 valence electrons. The third-order valence-electron chi connectivity index (χ3n) is 5.46. The summed E-state index contributed by atoms with van der Waals surface area (Å²) < 4.78 is 0. The molecule has 0 saturated carbocycles. The second-order valence-corrected chi connectivity index (χ2v) is 7.41. The number of aryl methyl sites for hydroxylation is 1. The first-order valence-corrected chi connectivity index (χ1v) is 9.18. The van der Waals surface area contributed by atoms with E-state index >= 15 is 0 Å². The van der Waals surface area contributed by atoms with Crippen molar-refractivity contribution in [1.29, 1.82) is 0 Å². The van der Waals surface area contributed by atoms with Crippen LogP contribution in [0.2, 0.25) is 0 Å². The molecule has 0 unspecified atom stereocenters. The number of nitrogens with one attached hydrogen (secondary N) is 2. The van der Waals surface area contributed by atoms with Gasteiger partial charge in [0.25, 0.3) is 0 Å². The molecule has 1 amide bonds. The topological polar surface area (TPSA) is 61.0 Å². The highest BCUT2D eigenvalue weighted by atomic mass is 16.1. The number of carbonyl (C=O) groups is 1. The summed E-state index contributed by atoms with van der Waals surface area (Å²) in [5.41, 5.74) is 1.13. The van der Waals surface area contributed by atoms with Gasteiger partial charge in [0.1, 0.15) is 5.82 Å². The van der Waals surface area contributed by atoms with Crippen molar-refractivity contribution in [2.75, 3.05) is 6.54 Å². The number of amides is 1. The van der Waals surface area contributed by atoms with Crippen LogP contribution < -0.4 is 5.32 Å². The molecule has 0 spiro atoms. The molecule has 5 nitrogen and oxygen atoms in total. The smallest absolute Gasteiger partial charge is 0.220 e. The fraction of sp³-hybridized carbons (Fsp3) is 0.778. The van der Waals surface area contributed by atoms with E-state index in [1.807, 2.05) is 6.20 Å². The number of H-pyrrole nitrogens is 1. The van der Waals surface area contributed by atoms with Crippen molar-refractivity contribution < 1.29 is 4.79 Å². The molecule has 2 fully saturated rings. The number of rotatable bonds is 5. The van der Waals surface area contributed by atoms with E-state index in [9.17, 15) is 4.79 Å². The Morgan fingerprint density at radius 3 is 3.13 bits per heavy atom. The second kappa shape index (κ2) is 7.04. The Labute approximate surface area is 139 Å². The van der Waals surface area contributed by atoms with E-state index < -0.39 is 0 Å². The van der Waals surface area contributed by atoms with Crippen molar-refractivity contribution in [2.24, 2.45) is 0 Å². The van der Waals surface area contributed by atoms with E-state index in [0.717, 1.165) is 38.2 Å². The molecule has 2 aliphatic heterocycles. The summed E-state index contributed by atoms with van der Waals surface area (Å²) in [5.74, 6) is 1.32. The summed E-state index contributed by atoms with van der Waals surface area (Å²) in [6.07, 6.45) is 10.5. The van der Waals surface area contributed by atoms with Crippen molar-refractivity contribution >= 4 is 5.91 Å². The van der Waals surface area contributed by atoms with Gasteiger partial charge >= 0.3 is 0 Å². The zero-order valence-electron chi connectivity index (χ0n) is 14.5. The Hall–Kier alpha value is -1.36. The number of hydrogen-bond acceptors (Lipinski definition) is 3. The minimum Gasteiger partial charge on any atom is -0.349 e. The van der Waals surface area contributed by atoms with Gasteiger partial charge in [0, 0.05) is 37.3 Å². The fourth-order valence-corrected chi connectivity index (χ4v) is 4.19. The van der Waals surface area contributed by atoms with Gasteiger partial charge in [-0.3, -0.25) is 9.69 Å². The molecule has 23 heavy (non-hydrogen) atoms. The summed E-state index contributed by atoms with van der Waals surface area (Å²) in [5, 5.41) is 3.28. The molecule has 2 N–H and O–H groups in total. The lowest BCUT2D eigenvalue weighted by molar-refractivity contribution is -0.127. The SMILES string of the molecule is CCCCc1ncc(CN2CCCC[C@]3(C)NC(=O)CC[C@H]23)[nH]1. The number of unbranched alkanes of at least 4 members (excludes halogenated alkanes) is 1. The van der Waals surface area contributed by atoms with Crippen molar-refractivity contribution in [3.05, 3.63) is 17.7 Å². The zero-order chi connectivity index (χ0) is 16.3. The van der Waals surface area contributed by atoms with Crippen LogP contribution in [-0.4, -0.2) is 38.9 Å². The average molecular weight is 318 g/mol.